The van der Waals surface area contributed by atoms with Crippen LogP contribution in [0.15, 0.2) is 29.1 Å². The van der Waals surface area contributed by atoms with Crippen molar-refractivity contribution < 1.29 is 23.8 Å². The molecule has 1 aromatic heterocycles. The van der Waals surface area contributed by atoms with Crippen LogP contribution in [0, 0.1) is 12.8 Å². The Morgan fingerprint density at radius 1 is 1.08 bits per heavy atom. The molecule has 0 radical (unpaired) electrons. The van der Waals surface area contributed by atoms with Crippen molar-refractivity contribution in [1.82, 2.24) is 30.3 Å². The van der Waals surface area contributed by atoms with E-state index in [0.29, 0.717) is 25.3 Å². The summed E-state index contributed by atoms with van der Waals surface area (Å²) in [5.41, 5.74) is 3.71. The van der Waals surface area contributed by atoms with Crippen molar-refractivity contribution in [1.29, 1.82) is 0 Å². The smallest absolute Gasteiger partial charge is 0.223 e. The van der Waals surface area contributed by atoms with Gasteiger partial charge in [0.25, 0.3) is 0 Å². The molecule has 278 valence electrons. The predicted octanol–water partition coefficient (Wildman–Crippen LogP) is 4.79. The highest BCUT2D eigenvalue weighted by Gasteiger charge is 2.37. The third kappa shape index (κ3) is 11.0. The van der Waals surface area contributed by atoms with Gasteiger partial charge in [-0.2, -0.15) is 0 Å². The summed E-state index contributed by atoms with van der Waals surface area (Å²) in [4.78, 5) is 36.4. The van der Waals surface area contributed by atoms with Gasteiger partial charge in [0.05, 0.1) is 18.5 Å². The van der Waals surface area contributed by atoms with E-state index in [1.54, 1.807) is 6.20 Å². The van der Waals surface area contributed by atoms with Crippen molar-refractivity contribution in [2.45, 2.75) is 129 Å². The fourth-order valence-corrected chi connectivity index (χ4v) is 7.77. The van der Waals surface area contributed by atoms with Gasteiger partial charge >= 0.3 is 0 Å². The molecule has 2 unspecified atom stereocenters. The highest BCUT2D eigenvalue weighted by Crippen LogP contribution is 2.30. The lowest BCUT2D eigenvalue weighted by Gasteiger charge is -2.46. The molecule has 0 aliphatic carbocycles. The number of aromatic nitrogens is 1. The van der Waals surface area contributed by atoms with Crippen LogP contribution in [-0.2, 0) is 29.2 Å². The van der Waals surface area contributed by atoms with Crippen molar-refractivity contribution >= 4 is 11.8 Å². The number of carbonyl (C=O) groups is 2. The Labute approximate surface area is 299 Å². The van der Waals surface area contributed by atoms with Crippen LogP contribution < -0.4 is 15.4 Å². The number of carbonyl (C=O) groups excluding carboxylic acids is 2. The Balaban J connectivity index is 1.06. The van der Waals surface area contributed by atoms with Gasteiger partial charge in [-0.1, -0.05) is 58.4 Å². The maximum absolute atomic E-state index is 13.4. The molecule has 1 aromatic carbocycles. The summed E-state index contributed by atoms with van der Waals surface area (Å²) >= 11 is 0. The molecule has 3 N–H and O–H groups in total. The van der Waals surface area contributed by atoms with Crippen LogP contribution in [0.1, 0.15) is 107 Å². The number of hydrogen-bond donors (Lipinski definition) is 3. The van der Waals surface area contributed by atoms with E-state index in [1.807, 2.05) is 17.9 Å². The monoisotopic (exact) mass is 694 g/mol. The molecular formula is C39H62N6O5. The van der Waals surface area contributed by atoms with Gasteiger partial charge in [-0.15, -0.1) is 0 Å². The number of aliphatic hydroxyl groups is 1. The first-order valence-corrected chi connectivity index (χ1v) is 19.4. The number of benzene rings is 1. The van der Waals surface area contributed by atoms with Gasteiger partial charge in [-0.05, 0) is 68.3 Å². The molecule has 0 spiro atoms. The molecule has 0 saturated carbocycles. The van der Waals surface area contributed by atoms with Gasteiger partial charge in [-0.3, -0.25) is 24.7 Å². The van der Waals surface area contributed by atoms with E-state index in [-0.39, 0.29) is 36.5 Å². The van der Waals surface area contributed by atoms with E-state index >= 15 is 0 Å². The highest BCUT2D eigenvalue weighted by molar-refractivity contribution is 5.79. The third-order valence-electron chi connectivity index (χ3n) is 10.8. The number of unbranched alkanes of at least 4 members (excludes halogenated alkanes) is 6. The van der Waals surface area contributed by atoms with Gasteiger partial charge in [0.1, 0.15) is 12.4 Å². The highest BCUT2D eigenvalue weighted by atomic mass is 16.5. The molecular weight excluding hydrogens is 632 g/mol. The standard InChI is InChI=1S/C39H62N6O5/c1-4-6-7-8-9-10-11-17-44-19-15-30(20-37(44)42-32-24-45(25-32)38(47)12-5-2)39(48)41-21-33(46)26-43-18-16-35-29(3)36(14-13-31(35)23-43)49-27-34-22-40-28-50-34/h13-14,22,28,30,32-33,37,42,46H,4-12,15-21,23-27H2,1-3H3,(H,41,48)/t30?,33-,37?/m0/s1. The van der Waals surface area contributed by atoms with E-state index in [1.165, 1.54) is 62.5 Å². The molecule has 11 nitrogen and oxygen atoms in total. The minimum Gasteiger partial charge on any atom is -0.485 e. The number of aliphatic hydroxyl groups excluding tert-OH is 1. The van der Waals surface area contributed by atoms with Crippen molar-refractivity contribution in [3.63, 3.8) is 0 Å². The fraction of sp³-hybridized carbons (Fsp3) is 0.718. The minimum atomic E-state index is -0.640. The van der Waals surface area contributed by atoms with Crippen LogP contribution in [-0.4, -0.2) is 101 Å². The Morgan fingerprint density at radius 3 is 2.64 bits per heavy atom. The summed E-state index contributed by atoms with van der Waals surface area (Å²) in [6, 6.07) is 4.41. The van der Waals surface area contributed by atoms with E-state index in [0.717, 1.165) is 76.3 Å². The van der Waals surface area contributed by atoms with Crippen LogP contribution in [0.3, 0.4) is 0 Å². The quantitative estimate of drug-likeness (QED) is 0.168. The zero-order chi connectivity index (χ0) is 35.3. The minimum absolute atomic E-state index is 0.0391. The summed E-state index contributed by atoms with van der Waals surface area (Å²) in [5.74, 6) is 1.74. The molecule has 3 aliphatic heterocycles. The lowest BCUT2D eigenvalue weighted by molar-refractivity contribution is -0.136. The van der Waals surface area contributed by atoms with Crippen LogP contribution >= 0.6 is 0 Å². The first-order valence-electron chi connectivity index (χ1n) is 19.4. The van der Waals surface area contributed by atoms with E-state index in [9.17, 15) is 14.7 Å². The summed E-state index contributed by atoms with van der Waals surface area (Å²) < 4.78 is 11.3. The number of rotatable bonds is 20. The normalized spacial score (nSPS) is 20.7. The SMILES string of the molecule is CCCCCCCCCN1CCC(C(=O)NC[C@H](O)CN2CCc3c(ccc(OCc4cnco4)c3C)C2)CC1NC1CN(C(=O)CCC)C1. The number of fused-ring (bicyclic) bond motifs is 1. The summed E-state index contributed by atoms with van der Waals surface area (Å²) in [6.07, 6.45) is 15.5. The lowest BCUT2D eigenvalue weighted by atomic mass is 9.92. The number of oxazole rings is 1. The predicted molar refractivity (Wildman–Crippen MR) is 195 cm³/mol. The number of likely N-dealkylation sites (tertiary alicyclic amines) is 2. The van der Waals surface area contributed by atoms with Gasteiger partial charge in [0.15, 0.2) is 12.2 Å². The molecule has 11 heteroatoms. The Bertz CT molecular complexity index is 1330. The van der Waals surface area contributed by atoms with Gasteiger partial charge in [-0.25, -0.2) is 4.98 Å². The number of β-amino-alcohol motifs (C(OH)–C–C–N with tert-alkyl or cyclic N) is 1. The third-order valence-corrected chi connectivity index (χ3v) is 10.8. The molecule has 5 rings (SSSR count). The number of nitrogens with one attached hydrogen (secondary N) is 2. The average molecular weight is 695 g/mol. The summed E-state index contributed by atoms with van der Waals surface area (Å²) in [7, 11) is 0. The van der Waals surface area contributed by atoms with Crippen LogP contribution in [0.5, 0.6) is 5.75 Å². The van der Waals surface area contributed by atoms with Crippen molar-refractivity contribution in [2.75, 3.05) is 45.8 Å². The molecule has 2 fully saturated rings. The zero-order valence-corrected chi connectivity index (χ0v) is 30.8. The molecule has 3 aliphatic rings. The average Bonchev–Trinajstić information content (AvgIpc) is 3.62. The number of hydrogen-bond acceptors (Lipinski definition) is 9. The Morgan fingerprint density at radius 2 is 1.88 bits per heavy atom. The second-order valence-corrected chi connectivity index (χ2v) is 14.8. The summed E-state index contributed by atoms with van der Waals surface area (Å²) in [5, 5.41) is 17.9. The molecule has 50 heavy (non-hydrogen) atoms. The van der Waals surface area contributed by atoms with E-state index in [4.69, 9.17) is 9.15 Å². The summed E-state index contributed by atoms with van der Waals surface area (Å²) in [6.45, 7) is 12.6. The molecule has 0 bridgehead atoms. The van der Waals surface area contributed by atoms with E-state index < -0.39 is 6.10 Å². The van der Waals surface area contributed by atoms with Crippen molar-refractivity contribution in [2.24, 2.45) is 5.92 Å². The van der Waals surface area contributed by atoms with Gasteiger partial charge < -0.3 is 24.5 Å². The second-order valence-electron chi connectivity index (χ2n) is 14.8. The first kappa shape index (κ1) is 38.2. The van der Waals surface area contributed by atoms with Gasteiger partial charge in [0, 0.05) is 64.2 Å². The van der Waals surface area contributed by atoms with Crippen molar-refractivity contribution in [3.05, 3.63) is 47.2 Å². The number of piperidine rings is 1. The molecule has 3 atom stereocenters. The largest absolute Gasteiger partial charge is 0.485 e. The molecule has 2 amide bonds. The first-order chi connectivity index (χ1) is 24.3. The van der Waals surface area contributed by atoms with E-state index in [2.05, 4.69) is 45.3 Å². The Kier molecular flexibility index (Phi) is 15.0. The van der Waals surface area contributed by atoms with Crippen molar-refractivity contribution in [3.8, 4) is 5.75 Å². The number of nitrogens with zero attached hydrogens (tertiary/aromatic N) is 4. The number of ether oxygens (including phenoxy) is 1. The maximum Gasteiger partial charge on any atom is 0.223 e. The maximum atomic E-state index is 13.4. The van der Waals surface area contributed by atoms with Crippen LogP contribution in [0.25, 0.3) is 0 Å². The topological polar surface area (TPSA) is 123 Å². The van der Waals surface area contributed by atoms with Crippen LogP contribution in [0.4, 0.5) is 0 Å². The zero-order valence-electron chi connectivity index (χ0n) is 30.8. The fourth-order valence-electron chi connectivity index (χ4n) is 7.77. The van der Waals surface area contributed by atoms with Gasteiger partial charge in [0.2, 0.25) is 11.8 Å². The second kappa shape index (κ2) is 19.6. The molecule has 4 heterocycles. The number of amides is 2. The van der Waals surface area contributed by atoms with Crippen LogP contribution in [0.2, 0.25) is 0 Å². The molecule has 2 saturated heterocycles. The Hall–Kier alpha value is -2.99. The molecule has 2 aromatic rings. The lowest BCUT2D eigenvalue weighted by Crippen LogP contribution is -2.65.